The number of hydrogen-bond donors (Lipinski definition) is 0. The lowest BCUT2D eigenvalue weighted by molar-refractivity contribution is 0.705. The minimum Gasteiger partial charge on any atom is -0.103 e. The van der Waals surface area contributed by atoms with Crippen LogP contribution in [0.3, 0.4) is 0 Å². The predicted octanol–water partition coefficient (Wildman–Crippen LogP) is 3.83. The zero-order chi connectivity index (χ0) is 8.16. The highest BCUT2D eigenvalue weighted by Gasteiger charge is 2.30. The summed E-state index contributed by atoms with van der Waals surface area (Å²) in [5.41, 5.74) is 0. The summed E-state index contributed by atoms with van der Waals surface area (Å²) in [6.45, 7) is 6.27. The summed E-state index contributed by atoms with van der Waals surface area (Å²) in [7, 11) is -0.775. The van der Waals surface area contributed by atoms with E-state index < -0.39 is 8.07 Å². The van der Waals surface area contributed by atoms with E-state index in [1.807, 2.05) is 0 Å². The molecule has 0 N–H and O–H groups in total. The topological polar surface area (TPSA) is 0 Å². The maximum atomic E-state index is 3.88. The molecule has 1 heteroatoms. The zero-order valence-corrected chi connectivity index (χ0v) is 8.73. The first-order valence-corrected chi connectivity index (χ1v) is 7.77. The molecule has 1 rings (SSSR count). The second-order valence-corrected chi connectivity index (χ2v) is 9.02. The van der Waals surface area contributed by atoms with E-state index in [-0.39, 0.29) is 0 Å². The molecule has 0 saturated carbocycles. The van der Waals surface area contributed by atoms with Crippen LogP contribution in [-0.4, -0.2) is 8.07 Å². The van der Waals surface area contributed by atoms with Gasteiger partial charge in [-0.2, -0.15) is 0 Å². The van der Waals surface area contributed by atoms with Gasteiger partial charge in [-0.15, -0.1) is 6.58 Å². The molecule has 0 aromatic heterocycles. The van der Waals surface area contributed by atoms with Crippen LogP contribution in [0.5, 0.6) is 0 Å². The van der Waals surface area contributed by atoms with Gasteiger partial charge in [-0.25, -0.2) is 0 Å². The zero-order valence-electron chi connectivity index (χ0n) is 7.73. The molecule has 1 fully saturated rings. The van der Waals surface area contributed by atoms with Gasteiger partial charge in [0.25, 0.3) is 0 Å². The van der Waals surface area contributed by atoms with Gasteiger partial charge in [0.2, 0.25) is 0 Å². The van der Waals surface area contributed by atoms with Crippen molar-refractivity contribution < 1.29 is 0 Å². The van der Waals surface area contributed by atoms with Gasteiger partial charge < -0.3 is 0 Å². The highest BCUT2D eigenvalue weighted by Crippen LogP contribution is 2.34. The Hall–Kier alpha value is -0.0431. The van der Waals surface area contributed by atoms with Crippen LogP contribution in [0.15, 0.2) is 12.7 Å². The van der Waals surface area contributed by atoms with E-state index in [0.29, 0.717) is 0 Å². The van der Waals surface area contributed by atoms with Crippen LogP contribution in [0.25, 0.3) is 0 Å². The fourth-order valence-electron chi connectivity index (χ4n) is 2.31. The minimum atomic E-state index is -0.775. The summed E-state index contributed by atoms with van der Waals surface area (Å²) < 4.78 is 0. The molecule has 0 aliphatic carbocycles. The van der Waals surface area contributed by atoms with Crippen molar-refractivity contribution in [3.05, 3.63) is 12.7 Å². The highest BCUT2D eigenvalue weighted by molar-refractivity contribution is 6.80. The van der Waals surface area contributed by atoms with Gasteiger partial charge in [-0.3, -0.25) is 0 Å². The van der Waals surface area contributed by atoms with Gasteiger partial charge in [0.05, 0.1) is 8.07 Å². The van der Waals surface area contributed by atoms with Gasteiger partial charge in [-0.05, 0) is 6.04 Å². The molecular weight excluding hydrogens is 148 g/mol. The van der Waals surface area contributed by atoms with Crippen LogP contribution in [0.4, 0.5) is 0 Å². The Balaban J connectivity index is 2.49. The maximum absolute atomic E-state index is 3.88. The summed E-state index contributed by atoms with van der Waals surface area (Å²) >= 11 is 0. The molecular formula is C10H20Si. The van der Waals surface area contributed by atoms with Gasteiger partial charge in [-0.1, -0.05) is 50.4 Å². The molecule has 1 heterocycles. The first-order chi connectivity index (χ1) is 5.33. The molecule has 64 valence electrons. The molecule has 0 aromatic rings. The first-order valence-electron chi connectivity index (χ1n) is 4.94. The Kier molecular flexibility index (Phi) is 3.37. The summed E-state index contributed by atoms with van der Waals surface area (Å²) in [5.74, 6) is 0. The molecule has 1 aliphatic rings. The van der Waals surface area contributed by atoms with E-state index in [0.717, 1.165) is 0 Å². The molecule has 0 bridgehead atoms. The molecule has 0 atom stereocenters. The summed E-state index contributed by atoms with van der Waals surface area (Å²) in [6, 6.07) is 6.02. The van der Waals surface area contributed by atoms with Crippen LogP contribution in [0.2, 0.25) is 24.2 Å². The van der Waals surface area contributed by atoms with Crippen LogP contribution >= 0.6 is 0 Å². The summed E-state index contributed by atoms with van der Waals surface area (Å²) in [4.78, 5) is 0. The third-order valence-electron chi connectivity index (χ3n) is 3.24. The molecule has 1 saturated heterocycles. The van der Waals surface area contributed by atoms with Gasteiger partial charge >= 0.3 is 0 Å². The molecule has 0 nitrogen and oxygen atoms in total. The second-order valence-electron chi connectivity index (χ2n) is 3.91. The first kappa shape index (κ1) is 9.05. The molecule has 1 aliphatic heterocycles. The quantitative estimate of drug-likeness (QED) is 0.444. The molecule has 0 spiro atoms. The van der Waals surface area contributed by atoms with Crippen LogP contribution < -0.4 is 0 Å². The monoisotopic (exact) mass is 168 g/mol. The Morgan fingerprint density at radius 3 is 2.36 bits per heavy atom. The lowest BCUT2D eigenvalue weighted by Gasteiger charge is -2.33. The molecule has 0 unspecified atom stereocenters. The standard InChI is InChI=1S/C10H20Si/c1-3-8-11(4-2)9-6-5-7-10-11/h3H,1,4-10H2,2H3. The van der Waals surface area contributed by atoms with Gasteiger partial charge in [0, 0.05) is 0 Å². The van der Waals surface area contributed by atoms with Gasteiger partial charge in [0.15, 0.2) is 0 Å². The van der Waals surface area contributed by atoms with E-state index in [2.05, 4.69) is 19.6 Å². The largest absolute Gasteiger partial charge is 0.103 e. The number of allylic oxidation sites excluding steroid dienone is 1. The molecule has 0 amide bonds. The fourth-order valence-corrected chi connectivity index (χ4v) is 6.58. The highest BCUT2D eigenvalue weighted by atomic mass is 28.3. The Bertz CT molecular complexity index is 123. The normalized spacial score (nSPS) is 23.0. The maximum Gasteiger partial charge on any atom is 0.0570 e. The van der Waals surface area contributed by atoms with E-state index in [4.69, 9.17) is 0 Å². The Morgan fingerprint density at radius 2 is 1.91 bits per heavy atom. The third kappa shape index (κ3) is 2.19. The fraction of sp³-hybridized carbons (Fsp3) is 0.800. The van der Waals surface area contributed by atoms with E-state index >= 15 is 0 Å². The van der Waals surface area contributed by atoms with Crippen LogP contribution in [0.1, 0.15) is 26.2 Å². The molecule has 11 heavy (non-hydrogen) atoms. The predicted molar refractivity (Wildman–Crippen MR) is 54.7 cm³/mol. The van der Waals surface area contributed by atoms with Crippen molar-refractivity contribution in [1.82, 2.24) is 0 Å². The van der Waals surface area contributed by atoms with Crippen LogP contribution in [-0.2, 0) is 0 Å². The van der Waals surface area contributed by atoms with Crippen molar-refractivity contribution in [2.24, 2.45) is 0 Å². The Morgan fingerprint density at radius 1 is 1.27 bits per heavy atom. The third-order valence-corrected chi connectivity index (χ3v) is 8.72. The number of hydrogen-bond acceptors (Lipinski definition) is 0. The van der Waals surface area contributed by atoms with E-state index in [9.17, 15) is 0 Å². The van der Waals surface area contributed by atoms with E-state index in [1.54, 1.807) is 12.1 Å². The van der Waals surface area contributed by atoms with Crippen molar-refractivity contribution in [3.8, 4) is 0 Å². The summed E-state index contributed by atoms with van der Waals surface area (Å²) in [5, 5.41) is 0. The lowest BCUT2D eigenvalue weighted by Crippen LogP contribution is -2.34. The van der Waals surface area contributed by atoms with Crippen molar-refractivity contribution >= 4 is 8.07 Å². The van der Waals surface area contributed by atoms with Crippen molar-refractivity contribution in [2.75, 3.05) is 0 Å². The number of rotatable bonds is 3. The SMILES string of the molecule is C=CC[Si]1(CC)CCCCC1. The summed E-state index contributed by atoms with van der Waals surface area (Å²) in [6.07, 6.45) is 6.68. The van der Waals surface area contributed by atoms with Crippen molar-refractivity contribution in [3.63, 3.8) is 0 Å². The smallest absolute Gasteiger partial charge is 0.0570 e. The average molecular weight is 168 g/mol. The van der Waals surface area contributed by atoms with Crippen molar-refractivity contribution in [1.29, 1.82) is 0 Å². The minimum absolute atomic E-state index is 0.775. The second kappa shape index (κ2) is 4.10. The average Bonchev–Trinajstić information content (AvgIpc) is 2.07. The van der Waals surface area contributed by atoms with E-state index in [1.165, 1.54) is 31.4 Å². The van der Waals surface area contributed by atoms with Gasteiger partial charge in [0.1, 0.15) is 0 Å². The Labute approximate surface area is 71.7 Å². The van der Waals surface area contributed by atoms with Crippen molar-refractivity contribution in [2.45, 2.75) is 50.4 Å². The molecule has 0 radical (unpaired) electrons. The molecule has 0 aromatic carbocycles. The van der Waals surface area contributed by atoms with Crippen LogP contribution in [0, 0.1) is 0 Å². The lowest BCUT2D eigenvalue weighted by atomic mass is 10.3.